The number of pyridine rings is 1. The zero-order valence-electron chi connectivity index (χ0n) is 18.9. The molecule has 0 aliphatic rings. The second-order valence-electron chi connectivity index (χ2n) is 7.82. The van der Waals surface area contributed by atoms with Crippen LogP contribution in [-0.2, 0) is 6.18 Å². The maximum Gasteiger partial charge on any atom is 0.416 e. The standard InChI is InChI=1S/C24H17Cl2F3N6O2/c1-13(33-23(37)15-8-16(24(27,28)29)10-18(26)9-15)21-31-12-32-35(21)20-7-2-14(11-30-20)22(36)34-19-5-3-17(25)4-6-19/h2-13H,1H3,(H,33,37)(H,34,36)/t13-/m0/s1. The van der Waals surface area contributed by atoms with Gasteiger partial charge in [-0.3, -0.25) is 9.59 Å². The molecule has 0 unspecified atom stereocenters. The predicted molar refractivity (Wildman–Crippen MR) is 131 cm³/mol. The summed E-state index contributed by atoms with van der Waals surface area (Å²) >= 11 is 11.6. The first-order chi connectivity index (χ1) is 17.5. The number of hydrogen-bond acceptors (Lipinski definition) is 5. The summed E-state index contributed by atoms with van der Waals surface area (Å²) in [6, 6.07) is 11.5. The number of anilines is 1. The van der Waals surface area contributed by atoms with Crippen molar-refractivity contribution in [2.75, 3.05) is 5.32 Å². The molecule has 13 heteroatoms. The van der Waals surface area contributed by atoms with Gasteiger partial charge in [0.25, 0.3) is 11.8 Å². The summed E-state index contributed by atoms with van der Waals surface area (Å²) in [5, 5.41) is 9.73. The lowest BCUT2D eigenvalue weighted by Crippen LogP contribution is -2.29. The molecule has 0 saturated heterocycles. The molecular formula is C24H17Cl2F3N6O2. The molecule has 2 amide bonds. The van der Waals surface area contributed by atoms with Crippen LogP contribution < -0.4 is 10.6 Å². The molecule has 0 radical (unpaired) electrons. The number of nitrogens with zero attached hydrogens (tertiary/aromatic N) is 4. The molecule has 2 aromatic carbocycles. The van der Waals surface area contributed by atoms with Crippen LogP contribution in [0.2, 0.25) is 10.0 Å². The van der Waals surface area contributed by atoms with Crippen molar-refractivity contribution in [2.45, 2.75) is 19.1 Å². The van der Waals surface area contributed by atoms with Gasteiger partial charge in [0.15, 0.2) is 11.6 Å². The lowest BCUT2D eigenvalue weighted by Gasteiger charge is -2.15. The Balaban J connectivity index is 1.48. The molecule has 4 rings (SSSR count). The number of halogens is 5. The Morgan fingerprint density at radius 3 is 2.30 bits per heavy atom. The molecule has 0 bridgehead atoms. The summed E-state index contributed by atoms with van der Waals surface area (Å²) in [6.45, 7) is 1.58. The fourth-order valence-electron chi connectivity index (χ4n) is 3.33. The zero-order valence-corrected chi connectivity index (χ0v) is 20.4. The molecule has 0 aliphatic heterocycles. The third kappa shape index (κ3) is 6.25. The van der Waals surface area contributed by atoms with E-state index in [4.69, 9.17) is 23.2 Å². The van der Waals surface area contributed by atoms with Crippen molar-refractivity contribution in [1.82, 2.24) is 25.1 Å². The second-order valence-corrected chi connectivity index (χ2v) is 8.69. The minimum atomic E-state index is -4.66. The Hall–Kier alpha value is -3.96. The van der Waals surface area contributed by atoms with Crippen molar-refractivity contribution in [2.24, 2.45) is 0 Å². The molecule has 37 heavy (non-hydrogen) atoms. The van der Waals surface area contributed by atoms with Gasteiger partial charge in [0, 0.05) is 27.5 Å². The molecule has 0 aliphatic carbocycles. The van der Waals surface area contributed by atoms with Gasteiger partial charge in [-0.2, -0.15) is 23.0 Å². The zero-order chi connectivity index (χ0) is 26.7. The van der Waals surface area contributed by atoms with Gasteiger partial charge in [0.2, 0.25) is 0 Å². The van der Waals surface area contributed by atoms with Crippen molar-refractivity contribution in [3.05, 3.63) is 99.7 Å². The molecular weight excluding hydrogens is 532 g/mol. The first-order valence-corrected chi connectivity index (χ1v) is 11.4. The van der Waals surface area contributed by atoms with Gasteiger partial charge in [-0.15, -0.1) is 0 Å². The molecule has 8 nitrogen and oxygen atoms in total. The van der Waals surface area contributed by atoms with E-state index in [9.17, 15) is 22.8 Å². The van der Waals surface area contributed by atoms with Crippen LogP contribution in [-0.4, -0.2) is 31.6 Å². The van der Waals surface area contributed by atoms with E-state index in [1.54, 1.807) is 31.2 Å². The molecule has 4 aromatic rings. The minimum Gasteiger partial charge on any atom is -0.342 e. The van der Waals surface area contributed by atoms with Crippen LogP contribution in [0, 0.1) is 0 Å². The van der Waals surface area contributed by atoms with Gasteiger partial charge < -0.3 is 10.6 Å². The predicted octanol–water partition coefficient (Wildman–Crippen LogP) is 5.73. The van der Waals surface area contributed by atoms with E-state index >= 15 is 0 Å². The third-order valence-electron chi connectivity index (χ3n) is 5.13. The average Bonchev–Trinajstić information content (AvgIpc) is 3.35. The van der Waals surface area contributed by atoms with Gasteiger partial charge >= 0.3 is 6.18 Å². The summed E-state index contributed by atoms with van der Waals surface area (Å²) in [7, 11) is 0. The van der Waals surface area contributed by atoms with Crippen molar-refractivity contribution < 1.29 is 22.8 Å². The number of nitrogens with one attached hydrogen (secondary N) is 2. The Labute approximate surface area is 218 Å². The Kier molecular flexibility index (Phi) is 7.46. The van der Waals surface area contributed by atoms with Crippen LogP contribution in [0.4, 0.5) is 18.9 Å². The number of rotatable bonds is 6. The van der Waals surface area contributed by atoms with Crippen molar-refractivity contribution in [1.29, 1.82) is 0 Å². The monoisotopic (exact) mass is 548 g/mol. The van der Waals surface area contributed by atoms with E-state index in [-0.39, 0.29) is 27.9 Å². The molecule has 2 aromatic heterocycles. The van der Waals surface area contributed by atoms with Crippen molar-refractivity contribution in [3.63, 3.8) is 0 Å². The van der Waals surface area contributed by atoms with E-state index in [0.717, 1.165) is 12.1 Å². The lowest BCUT2D eigenvalue weighted by atomic mass is 10.1. The third-order valence-corrected chi connectivity index (χ3v) is 5.60. The lowest BCUT2D eigenvalue weighted by molar-refractivity contribution is -0.137. The smallest absolute Gasteiger partial charge is 0.342 e. The summed E-state index contributed by atoms with van der Waals surface area (Å²) in [5.41, 5.74) is -0.455. The van der Waals surface area contributed by atoms with Gasteiger partial charge in [-0.1, -0.05) is 23.2 Å². The number of carbonyl (C=O) groups excluding carboxylic acids is 2. The summed E-state index contributed by atoms with van der Waals surface area (Å²) in [5.74, 6) is -0.603. The van der Waals surface area contributed by atoms with E-state index in [1.807, 2.05) is 0 Å². The quantitative estimate of drug-likeness (QED) is 0.320. The van der Waals surface area contributed by atoms with Crippen LogP contribution in [0.3, 0.4) is 0 Å². The fourth-order valence-corrected chi connectivity index (χ4v) is 3.69. The Bertz CT molecular complexity index is 1440. The van der Waals surface area contributed by atoms with Gasteiger partial charge in [0.1, 0.15) is 6.33 Å². The number of alkyl halides is 3. The maximum absolute atomic E-state index is 13.1. The number of amides is 2. The molecule has 0 spiro atoms. The van der Waals surface area contributed by atoms with Crippen LogP contribution >= 0.6 is 23.2 Å². The van der Waals surface area contributed by atoms with Gasteiger partial charge in [-0.05, 0) is 61.5 Å². The number of carbonyl (C=O) groups is 2. The molecule has 1 atom stereocenters. The van der Waals surface area contributed by atoms with E-state index < -0.39 is 23.7 Å². The summed E-state index contributed by atoms with van der Waals surface area (Å²) in [4.78, 5) is 33.5. The van der Waals surface area contributed by atoms with Gasteiger partial charge in [0.05, 0.1) is 17.2 Å². The van der Waals surface area contributed by atoms with Crippen LogP contribution in [0.1, 0.15) is 45.1 Å². The normalized spacial score (nSPS) is 12.2. The number of aromatic nitrogens is 4. The highest BCUT2D eigenvalue weighted by Gasteiger charge is 2.32. The molecule has 2 heterocycles. The van der Waals surface area contributed by atoms with E-state index in [2.05, 4.69) is 25.7 Å². The van der Waals surface area contributed by atoms with Crippen LogP contribution in [0.5, 0.6) is 0 Å². The highest BCUT2D eigenvalue weighted by Crippen LogP contribution is 2.32. The van der Waals surface area contributed by atoms with Gasteiger partial charge in [-0.25, -0.2) is 9.97 Å². The molecule has 190 valence electrons. The first-order valence-electron chi connectivity index (χ1n) is 10.6. The van der Waals surface area contributed by atoms with Crippen molar-refractivity contribution >= 4 is 40.7 Å². The molecule has 2 N–H and O–H groups in total. The average molecular weight is 549 g/mol. The van der Waals surface area contributed by atoms with E-state index in [0.29, 0.717) is 22.6 Å². The summed E-state index contributed by atoms with van der Waals surface area (Å²) in [6.07, 6.45) is -2.07. The highest BCUT2D eigenvalue weighted by molar-refractivity contribution is 6.31. The second kappa shape index (κ2) is 10.6. The van der Waals surface area contributed by atoms with Crippen molar-refractivity contribution in [3.8, 4) is 5.82 Å². The Morgan fingerprint density at radius 1 is 0.919 bits per heavy atom. The minimum absolute atomic E-state index is 0.222. The Morgan fingerprint density at radius 2 is 1.65 bits per heavy atom. The highest BCUT2D eigenvalue weighted by atomic mass is 35.5. The van der Waals surface area contributed by atoms with E-state index in [1.165, 1.54) is 29.3 Å². The number of hydrogen-bond donors (Lipinski definition) is 2. The molecule has 0 saturated carbocycles. The summed E-state index contributed by atoms with van der Waals surface area (Å²) < 4.78 is 40.6. The van der Waals surface area contributed by atoms with Crippen LogP contribution in [0.25, 0.3) is 5.82 Å². The SMILES string of the molecule is C[C@H](NC(=O)c1cc(Cl)cc(C(F)(F)F)c1)c1ncnn1-c1ccc(C(=O)Nc2ccc(Cl)cc2)cn1. The maximum atomic E-state index is 13.1. The first kappa shape index (κ1) is 26.1. The fraction of sp³-hybridized carbons (Fsp3) is 0.125. The topological polar surface area (TPSA) is 102 Å². The number of benzene rings is 2. The van der Waals surface area contributed by atoms with Crippen LogP contribution in [0.15, 0.2) is 67.1 Å². The molecule has 0 fully saturated rings. The largest absolute Gasteiger partial charge is 0.416 e.